The van der Waals surface area contributed by atoms with Crippen LogP contribution < -0.4 is 10.0 Å². The maximum atomic E-state index is 12.7. The zero-order valence-electron chi connectivity index (χ0n) is 17.0. The molecule has 11 heteroatoms. The van der Waals surface area contributed by atoms with Crippen LogP contribution >= 0.6 is 0 Å². The van der Waals surface area contributed by atoms with Crippen LogP contribution in [0.25, 0.3) is 0 Å². The molecule has 166 valence electrons. The molecule has 2 heterocycles. The van der Waals surface area contributed by atoms with Gasteiger partial charge in [-0.1, -0.05) is 6.42 Å². The molecule has 3 rings (SSSR count). The maximum Gasteiger partial charge on any atom is 0.293 e. The molecule has 2 aliphatic rings. The quantitative estimate of drug-likeness (QED) is 0.360. The molecule has 0 bridgehead atoms. The van der Waals surface area contributed by atoms with Gasteiger partial charge in [-0.25, -0.2) is 8.42 Å². The monoisotopic (exact) mass is 439 g/mol. The van der Waals surface area contributed by atoms with Gasteiger partial charge in [-0.15, -0.1) is 0 Å². The summed E-state index contributed by atoms with van der Waals surface area (Å²) in [6.45, 7) is 5.27. The number of nitro groups is 1. The van der Waals surface area contributed by atoms with E-state index in [0.29, 0.717) is 31.0 Å². The molecule has 0 spiro atoms. The molecule has 0 radical (unpaired) electrons. The summed E-state index contributed by atoms with van der Waals surface area (Å²) in [6.07, 6.45) is 4.19. The van der Waals surface area contributed by atoms with Gasteiger partial charge >= 0.3 is 0 Å². The van der Waals surface area contributed by atoms with E-state index in [0.717, 1.165) is 64.6 Å². The predicted octanol–water partition coefficient (Wildman–Crippen LogP) is 1.98. The molecular weight excluding hydrogens is 410 g/mol. The lowest BCUT2D eigenvalue weighted by Crippen LogP contribution is -2.37. The van der Waals surface area contributed by atoms with Gasteiger partial charge in [0.15, 0.2) is 0 Å². The number of ether oxygens (including phenoxy) is 1. The molecule has 0 unspecified atom stereocenters. The predicted molar refractivity (Wildman–Crippen MR) is 115 cm³/mol. The summed E-state index contributed by atoms with van der Waals surface area (Å²) < 4.78 is 33.2. The lowest BCUT2D eigenvalue weighted by molar-refractivity contribution is -0.384. The first kappa shape index (κ1) is 22.4. The van der Waals surface area contributed by atoms with Crippen molar-refractivity contribution in [3.05, 3.63) is 28.3 Å². The normalized spacial score (nSPS) is 18.3. The number of rotatable bonds is 8. The van der Waals surface area contributed by atoms with Crippen LogP contribution in [0.4, 0.5) is 11.4 Å². The average molecular weight is 440 g/mol. The van der Waals surface area contributed by atoms with Crippen molar-refractivity contribution in [1.29, 1.82) is 0 Å². The SMILES string of the molecule is O=[N+]([O-])c1cc(S(=O)(=O)NC2=NCCCCC2)ccc1NCCCN1CCOCC1. The van der Waals surface area contributed by atoms with E-state index in [4.69, 9.17) is 4.74 Å². The highest BCUT2D eigenvalue weighted by atomic mass is 32.2. The molecule has 1 aromatic rings. The molecule has 1 fully saturated rings. The fourth-order valence-electron chi connectivity index (χ4n) is 3.50. The number of anilines is 1. The highest BCUT2D eigenvalue weighted by molar-refractivity contribution is 7.90. The van der Waals surface area contributed by atoms with E-state index in [9.17, 15) is 18.5 Å². The van der Waals surface area contributed by atoms with Crippen molar-refractivity contribution >= 4 is 27.2 Å². The van der Waals surface area contributed by atoms with E-state index in [-0.39, 0.29) is 10.6 Å². The van der Waals surface area contributed by atoms with Crippen molar-refractivity contribution in [3.63, 3.8) is 0 Å². The van der Waals surface area contributed by atoms with Crippen LogP contribution in [0.1, 0.15) is 32.1 Å². The second kappa shape index (κ2) is 10.7. The summed E-state index contributed by atoms with van der Waals surface area (Å²) in [7, 11) is -3.92. The van der Waals surface area contributed by atoms with E-state index in [1.165, 1.54) is 12.1 Å². The van der Waals surface area contributed by atoms with Gasteiger partial charge in [-0.3, -0.25) is 24.7 Å². The van der Waals surface area contributed by atoms with Crippen LogP contribution in [0, 0.1) is 10.1 Å². The van der Waals surface area contributed by atoms with Gasteiger partial charge < -0.3 is 10.1 Å². The van der Waals surface area contributed by atoms with Crippen LogP contribution in [-0.2, 0) is 14.8 Å². The Labute approximate surface area is 176 Å². The van der Waals surface area contributed by atoms with Crippen molar-refractivity contribution < 1.29 is 18.1 Å². The van der Waals surface area contributed by atoms with E-state index in [2.05, 4.69) is 19.9 Å². The molecule has 0 aliphatic carbocycles. The summed E-state index contributed by atoms with van der Waals surface area (Å²) in [5.74, 6) is 0.417. The lowest BCUT2D eigenvalue weighted by atomic mass is 10.2. The first-order chi connectivity index (χ1) is 14.5. The Bertz CT molecular complexity index is 868. The number of nitrogens with one attached hydrogen (secondary N) is 2. The average Bonchev–Trinajstić information content (AvgIpc) is 3.00. The number of benzene rings is 1. The summed E-state index contributed by atoms with van der Waals surface area (Å²) in [4.78, 5) is 17.4. The number of morpholine rings is 1. The van der Waals surface area contributed by atoms with Crippen molar-refractivity contribution in [2.75, 3.05) is 51.3 Å². The third-order valence-electron chi connectivity index (χ3n) is 5.17. The lowest BCUT2D eigenvalue weighted by Gasteiger charge is -2.26. The molecule has 0 amide bonds. The van der Waals surface area contributed by atoms with Crippen molar-refractivity contribution in [3.8, 4) is 0 Å². The van der Waals surface area contributed by atoms with Crippen LogP contribution in [0.15, 0.2) is 28.1 Å². The Morgan fingerprint density at radius 1 is 1.20 bits per heavy atom. The fraction of sp³-hybridized carbons (Fsp3) is 0.632. The zero-order valence-corrected chi connectivity index (χ0v) is 17.8. The van der Waals surface area contributed by atoms with Gasteiger partial charge in [0.05, 0.1) is 23.0 Å². The first-order valence-corrected chi connectivity index (χ1v) is 11.8. The second-order valence-corrected chi connectivity index (χ2v) is 9.10. The molecule has 30 heavy (non-hydrogen) atoms. The molecule has 0 saturated carbocycles. The molecule has 0 aromatic heterocycles. The number of amidine groups is 1. The molecule has 0 atom stereocenters. The standard InChI is InChI=1S/C19H29N5O5S/c25-24(26)18-15-16(30(27,28)22-19-5-2-1-3-8-21-19)6-7-17(18)20-9-4-10-23-11-13-29-14-12-23/h6-7,15,20H,1-5,8-14H2,(H,21,22). The van der Waals surface area contributed by atoms with Crippen LogP contribution in [-0.4, -0.2) is 70.0 Å². The van der Waals surface area contributed by atoms with Gasteiger partial charge in [0.2, 0.25) is 0 Å². The summed E-state index contributed by atoms with van der Waals surface area (Å²) >= 11 is 0. The fourth-order valence-corrected chi connectivity index (χ4v) is 4.61. The smallest absolute Gasteiger partial charge is 0.293 e. The third-order valence-corrected chi connectivity index (χ3v) is 6.55. The van der Waals surface area contributed by atoms with Crippen LogP contribution in [0.3, 0.4) is 0 Å². The van der Waals surface area contributed by atoms with E-state index < -0.39 is 14.9 Å². The number of nitrogens with zero attached hydrogens (tertiary/aromatic N) is 3. The third kappa shape index (κ3) is 6.38. The van der Waals surface area contributed by atoms with Crippen molar-refractivity contribution in [1.82, 2.24) is 9.62 Å². The minimum Gasteiger partial charge on any atom is -0.379 e. The Morgan fingerprint density at radius 3 is 2.77 bits per heavy atom. The topological polar surface area (TPSA) is 126 Å². The van der Waals surface area contributed by atoms with Gasteiger partial charge in [0.1, 0.15) is 11.5 Å². The molecular formula is C19H29N5O5S. The second-order valence-electron chi connectivity index (χ2n) is 7.41. The maximum absolute atomic E-state index is 12.7. The van der Waals surface area contributed by atoms with Gasteiger partial charge in [0, 0.05) is 38.7 Å². The molecule has 1 aromatic carbocycles. The number of hydrogen-bond donors (Lipinski definition) is 2. The Balaban J connectivity index is 1.63. The first-order valence-electron chi connectivity index (χ1n) is 10.3. The van der Waals surface area contributed by atoms with E-state index in [1.54, 1.807) is 0 Å². The summed E-state index contributed by atoms with van der Waals surface area (Å²) in [5.41, 5.74) is 0.0554. The minimum atomic E-state index is -3.92. The highest BCUT2D eigenvalue weighted by Gasteiger charge is 2.23. The largest absolute Gasteiger partial charge is 0.379 e. The van der Waals surface area contributed by atoms with Gasteiger partial charge in [-0.05, 0) is 37.9 Å². The molecule has 2 N–H and O–H groups in total. The van der Waals surface area contributed by atoms with Gasteiger partial charge in [-0.2, -0.15) is 0 Å². The molecule has 10 nitrogen and oxygen atoms in total. The Morgan fingerprint density at radius 2 is 2.00 bits per heavy atom. The summed E-state index contributed by atoms with van der Waals surface area (Å²) in [6, 6.07) is 3.94. The Hall–Kier alpha value is -2.24. The zero-order chi connectivity index (χ0) is 21.4. The van der Waals surface area contributed by atoms with E-state index in [1.807, 2.05) is 0 Å². The van der Waals surface area contributed by atoms with Crippen LogP contribution in [0.5, 0.6) is 0 Å². The number of aliphatic imine (C=N–C) groups is 1. The summed E-state index contributed by atoms with van der Waals surface area (Å²) in [5, 5.41) is 14.6. The molecule has 2 aliphatic heterocycles. The minimum absolute atomic E-state index is 0.139. The van der Waals surface area contributed by atoms with Crippen molar-refractivity contribution in [2.24, 2.45) is 4.99 Å². The number of nitro benzene ring substituents is 1. The number of hydrogen-bond acceptors (Lipinski definition) is 8. The van der Waals surface area contributed by atoms with Crippen molar-refractivity contribution in [2.45, 2.75) is 37.0 Å². The highest BCUT2D eigenvalue weighted by Crippen LogP contribution is 2.27. The molecule has 1 saturated heterocycles. The van der Waals surface area contributed by atoms with Gasteiger partial charge in [0.25, 0.3) is 15.7 Å². The van der Waals surface area contributed by atoms with E-state index >= 15 is 0 Å². The van der Waals surface area contributed by atoms with Crippen LogP contribution in [0.2, 0.25) is 0 Å². The Kier molecular flexibility index (Phi) is 8.00. The number of sulfonamides is 1.